The maximum atomic E-state index is 12.2. The van der Waals surface area contributed by atoms with Gasteiger partial charge in [0.25, 0.3) is 0 Å². The van der Waals surface area contributed by atoms with Gasteiger partial charge in [-0.3, -0.25) is 4.79 Å². The Bertz CT molecular complexity index is 802. The van der Waals surface area contributed by atoms with Crippen molar-refractivity contribution in [3.63, 3.8) is 0 Å². The van der Waals surface area contributed by atoms with Crippen molar-refractivity contribution < 1.29 is 4.79 Å². The Morgan fingerprint density at radius 3 is 2.52 bits per heavy atom. The van der Waals surface area contributed by atoms with Crippen molar-refractivity contribution in [1.82, 2.24) is 14.9 Å². The predicted molar refractivity (Wildman–Crippen MR) is 101 cm³/mol. The number of carbonyl (C=O) groups excluding carboxylic acids is 1. The molecule has 1 N–H and O–H groups in total. The third kappa shape index (κ3) is 4.97. The molecule has 3 aromatic rings. The monoisotopic (exact) mass is 351 g/mol. The first kappa shape index (κ1) is 17.3. The number of rotatable bonds is 7. The Balaban J connectivity index is 1.54. The lowest BCUT2D eigenvalue weighted by atomic mass is 10.1. The van der Waals surface area contributed by atoms with Crippen LogP contribution in [0.15, 0.2) is 78.2 Å². The van der Waals surface area contributed by atoms with Crippen molar-refractivity contribution in [2.45, 2.75) is 24.7 Å². The summed E-state index contributed by atoms with van der Waals surface area (Å²) in [6.45, 7) is 2.75. The number of nitrogens with one attached hydrogen (secondary N) is 1. The zero-order valence-electron chi connectivity index (χ0n) is 14.1. The van der Waals surface area contributed by atoms with E-state index in [2.05, 4.69) is 27.0 Å². The Morgan fingerprint density at radius 2 is 1.80 bits per heavy atom. The molecule has 0 aliphatic heterocycles. The van der Waals surface area contributed by atoms with E-state index in [1.807, 2.05) is 61.7 Å². The summed E-state index contributed by atoms with van der Waals surface area (Å²) >= 11 is 1.46. The van der Waals surface area contributed by atoms with Gasteiger partial charge in [0, 0.05) is 18.9 Å². The van der Waals surface area contributed by atoms with Crippen LogP contribution in [-0.2, 0) is 11.3 Å². The number of amides is 1. The standard InChI is InChI=1S/C20H21N3OS/c1-16(18-10-6-3-7-11-18)22-19(24)15-25-20-21-12-13-23(20)14-17-8-4-2-5-9-17/h2-13,16H,14-15H2,1H3,(H,22,24). The van der Waals surface area contributed by atoms with Gasteiger partial charge in [-0.2, -0.15) is 0 Å². The van der Waals surface area contributed by atoms with Crippen LogP contribution in [0.4, 0.5) is 0 Å². The maximum Gasteiger partial charge on any atom is 0.230 e. The lowest BCUT2D eigenvalue weighted by Gasteiger charge is -2.14. The van der Waals surface area contributed by atoms with Crippen LogP contribution >= 0.6 is 11.8 Å². The molecule has 0 radical (unpaired) electrons. The normalized spacial score (nSPS) is 11.9. The Labute approximate surface area is 152 Å². The van der Waals surface area contributed by atoms with E-state index in [0.29, 0.717) is 5.75 Å². The van der Waals surface area contributed by atoms with Crippen LogP contribution in [0.5, 0.6) is 0 Å². The molecule has 1 amide bonds. The van der Waals surface area contributed by atoms with Gasteiger partial charge in [0.1, 0.15) is 0 Å². The smallest absolute Gasteiger partial charge is 0.230 e. The molecule has 0 fully saturated rings. The number of aromatic nitrogens is 2. The van der Waals surface area contributed by atoms with Gasteiger partial charge >= 0.3 is 0 Å². The summed E-state index contributed by atoms with van der Waals surface area (Å²) in [5.74, 6) is 0.360. The minimum atomic E-state index is -0.00152. The molecular weight excluding hydrogens is 330 g/mol. The first-order chi connectivity index (χ1) is 12.2. The molecule has 2 aromatic carbocycles. The second-order valence-electron chi connectivity index (χ2n) is 5.81. The van der Waals surface area contributed by atoms with E-state index in [1.165, 1.54) is 17.3 Å². The fourth-order valence-corrected chi connectivity index (χ4v) is 3.34. The highest BCUT2D eigenvalue weighted by Crippen LogP contribution is 2.18. The molecule has 0 spiro atoms. The summed E-state index contributed by atoms with van der Waals surface area (Å²) in [6, 6.07) is 20.2. The molecule has 25 heavy (non-hydrogen) atoms. The summed E-state index contributed by atoms with van der Waals surface area (Å²) in [7, 11) is 0. The van der Waals surface area contributed by atoms with E-state index in [4.69, 9.17) is 0 Å². The van der Waals surface area contributed by atoms with Crippen LogP contribution in [0.1, 0.15) is 24.1 Å². The van der Waals surface area contributed by atoms with Crippen LogP contribution in [0.3, 0.4) is 0 Å². The van der Waals surface area contributed by atoms with Gasteiger partial charge < -0.3 is 9.88 Å². The number of hydrogen-bond acceptors (Lipinski definition) is 3. The molecule has 3 rings (SSSR count). The number of carbonyl (C=O) groups is 1. The molecule has 0 aliphatic carbocycles. The van der Waals surface area contributed by atoms with Crippen molar-refractivity contribution >= 4 is 17.7 Å². The van der Waals surface area contributed by atoms with Crippen LogP contribution in [0.2, 0.25) is 0 Å². The largest absolute Gasteiger partial charge is 0.349 e. The summed E-state index contributed by atoms with van der Waals surface area (Å²) in [6.07, 6.45) is 3.72. The molecular formula is C20H21N3OS. The van der Waals surface area contributed by atoms with Crippen LogP contribution < -0.4 is 5.32 Å². The van der Waals surface area contributed by atoms with Crippen molar-refractivity contribution in [1.29, 1.82) is 0 Å². The lowest BCUT2D eigenvalue weighted by molar-refractivity contribution is -0.119. The number of benzene rings is 2. The van der Waals surface area contributed by atoms with Crippen LogP contribution in [0, 0.1) is 0 Å². The van der Waals surface area contributed by atoms with Gasteiger partial charge in [0.2, 0.25) is 5.91 Å². The zero-order valence-corrected chi connectivity index (χ0v) is 14.9. The number of imidazole rings is 1. The topological polar surface area (TPSA) is 46.9 Å². The van der Waals surface area contributed by atoms with Crippen molar-refractivity contribution in [2.75, 3.05) is 5.75 Å². The van der Waals surface area contributed by atoms with Gasteiger partial charge in [-0.05, 0) is 18.1 Å². The van der Waals surface area contributed by atoms with Crippen molar-refractivity contribution in [3.05, 3.63) is 84.2 Å². The molecule has 4 nitrogen and oxygen atoms in total. The lowest BCUT2D eigenvalue weighted by Crippen LogP contribution is -2.28. The SMILES string of the molecule is CC(NC(=O)CSc1nccn1Cc1ccccc1)c1ccccc1. The highest BCUT2D eigenvalue weighted by atomic mass is 32.2. The van der Waals surface area contributed by atoms with Gasteiger partial charge in [-0.15, -0.1) is 0 Å². The van der Waals surface area contributed by atoms with Crippen molar-refractivity contribution in [3.8, 4) is 0 Å². The number of hydrogen-bond donors (Lipinski definition) is 1. The average Bonchev–Trinajstić information content (AvgIpc) is 3.08. The van der Waals surface area contributed by atoms with Gasteiger partial charge in [-0.1, -0.05) is 72.4 Å². The zero-order chi connectivity index (χ0) is 17.5. The Morgan fingerprint density at radius 1 is 1.12 bits per heavy atom. The van der Waals surface area contributed by atoms with Crippen LogP contribution in [-0.4, -0.2) is 21.2 Å². The molecule has 0 saturated heterocycles. The van der Waals surface area contributed by atoms with Gasteiger partial charge in [0.05, 0.1) is 11.8 Å². The second-order valence-corrected chi connectivity index (χ2v) is 6.75. The van der Waals surface area contributed by atoms with Gasteiger partial charge in [-0.25, -0.2) is 4.98 Å². The summed E-state index contributed by atoms with van der Waals surface area (Å²) in [5, 5.41) is 3.88. The summed E-state index contributed by atoms with van der Waals surface area (Å²) in [5.41, 5.74) is 2.32. The van der Waals surface area contributed by atoms with E-state index in [-0.39, 0.29) is 11.9 Å². The molecule has 5 heteroatoms. The first-order valence-corrected chi connectivity index (χ1v) is 9.23. The number of thioether (sulfide) groups is 1. The predicted octanol–water partition coefficient (Wildman–Crippen LogP) is 3.90. The minimum Gasteiger partial charge on any atom is -0.349 e. The molecule has 0 saturated carbocycles. The van der Waals surface area contributed by atoms with E-state index in [1.54, 1.807) is 6.20 Å². The second kappa shape index (κ2) is 8.53. The van der Waals surface area contributed by atoms with E-state index < -0.39 is 0 Å². The molecule has 1 aromatic heterocycles. The minimum absolute atomic E-state index is 0.00152. The molecule has 1 unspecified atom stereocenters. The van der Waals surface area contributed by atoms with Crippen LogP contribution in [0.25, 0.3) is 0 Å². The Kier molecular flexibility index (Phi) is 5.90. The highest BCUT2D eigenvalue weighted by molar-refractivity contribution is 7.99. The summed E-state index contributed by atoms with van der Waals surface area (Å²) in [4.78, 5) is 16.6. The fraction of sp³-hybridized carbons (Fsp3) is 0.200. The quantitative estimate of drug-likeness (QED) is 0.657. The fourth-order valence-electron chi connectivity index (χ4n) is 2.57. The molecule has 1 heterocycles. The van der Waals surface area contributed by atoms with E-state index in [0.717, 1.165) is 17.3 Å². The van der Waals surface area contributed by atoms with E-state index in [9.17, 15) is 4.79 Å². The molecule has 0 bridgehead atoms. The molecule has 0 aliphatic rings. The third-order valence-electron chi connectivity index (χ3n) is 3.88. The first-order valence-electron chi connectivity index (χ1n) is 8.24. The summed E-state index contributed by atoms with van der Waals surface area (Å²) < 4.78 is 2.06. The highest BCUT2D eigenvalue weighted by Gasteiger charge is 2.11. The molecule has 1 atom stereocenters. The van der Waals surface area contributed by atoms with Gasteiger partial charge in [0.15, 0.2) is 5.16 Å². The molecule has 128 valence electrons. The van der Waals surface area contributed by atoms with E-state index >= 15 is 0 Å². The van der Waals surface area contributed by atoms with Crippen molar-refractivity contribution in [2.24, 2.45) is 0 Å². The third-order valence-corrected chi connectivity index (χ3v) is 4.89. The Hall–Kier alpha value is -2.53. The average molecular weight is 351 g/mol. The maximum absolute atomic E-state index is 12.2. The number of nitrogens with zero attached hydrogens (tertiary/aromatic N) is 2.